The number of carbonyl (C=O) groups excluding carboxylic acids is 3. The van der Waals surface area contributed by atoms with Crippen LogP contribution in [0.3, 0.4) is 0 Å². The van der Waals surface area contributed by atoms with Gasteiger partial charge in [0.2, 0.25) is 5.91 Å². The number of nitriles is 1. The zero-order valence-corrected chi connectivity index (χ0v) is 23.2. The molecular formula is C30H29N3O4S. The molecule has 0 N–H and O–H groups in total. The van der Waals surface area contributed by atoms with Gasteiger partial charge in [-0.05, 0) is 56.7 Å². The third kappa shape index (κ3) is 5.15. The average molecular weight is 528 g/mol. The molecule has 3 aromatic rings. The molecule has 0 aliphatic heterocycles. The zero-order chi connectivity index (χ0) is 27.8. The number of ether oxygens (including phenoxy) is 1. The molecule has 0 unspecified atom stereocenters. The minimum atomic E-state index is -0.800. The zero-order valence-electron chi connectivity index (χ0n) is 22.3. The van der Waals surface area contributed by atoms with Gasteiger partial charge >= 0.3 is 0 Å². The molecule has 4 rings (SSSR count). The number of thiazole rings is 1. The Bertz CT molecular complexity index is 1570. The normalized spacial score (nSPS) is 14.2. The van der Waals surface area contributed by atoms with E-state index < -0.39 is 5.41 Å². The SMILES string of the molecule is CC1=C(C)C(=O)C(C(C)(C)CC(=O)N(C)c2ccc(COc3ccc4nc(C#N)sc4c3)cc2)=C(C)C1=O. The second-order valence-electron chi connectivity index (χ2n) is 10.1. The summed E-state index contributed by atoms with van der Waals surface area (Å²) < 4.78 is 6.81. The number of carbonyl (C=O) groups is 3. The Morgan fingerprint density at radius 3 is 2.34 bits per heavy atom. The van der Waals surface area contributed by atoms with Crippen molar-refractivity contribution < 1.29 is 19.1 Å². The number of hydrogen-bond donors (Lipinski definition) is 0. The van der Waals surface area contributed by atoms with Gasteiger partial charge in [0.15, 0.2) is 16.6 Å². The molecule has 1 aliphatic rings. The summed E-state index contributed by atoms with van der Waals surface area (Å²) in [5.74, 6) is 0.231. The number of allylic oxidation sites excluding steroid dienone is 4. The van der Waals surface area contributed by atoms with Gasteiger partial charge in [-0.15, -0.1) is 11.3 Å². The predicted molar refractivity (Wildman–Crippen MR) is 148 cm³/mol. The van der Waals surface area contributed by atoms with Crippen LogP contribution in [-0.2, 0) is 21.0 Å². The molecule has 0 radical (unpaired) electrons. The summed E-state index contributed by atoms with van der Waals surface area (Å²) in [7, 11) is 1.70. The molecule has 8 heteroatoms. The molecule has 0 saturated heterocycles. The van der Waals surface area contributed by atoms with Crippen molar-refractivity contribution >= 4 is 44.7 Å². The molecule has 0 saturated carbocycles. The number of hydrogen-bond acceptors (Lipinski definition) is 7. The second-order valence-corrected chi connectivity index (χ2v) is 11.2. The highest BCUT2D eigenvalue weighted by molar-refractivity contribution is 7.19. The summed E-state index contributed by atoms with van der Waals surface area (Å²) in [6.45, 7) is 9.02. The van der Waals surface area contributed by atoms with Crippen LogP contribution in [0.5, 0.6) is 5.75 Å². The highest BCUT2D eigenvalue weighted by Gasteiger charge is 2.38. The monoisotopic (exact) mass is 527 g/mol. The lowest BCUT2D eigenvalue weighted by molar-refractivity contribution is -0.121. The van der Waals surface area contributed by atoms with Gasteiger partial charge in [-0.3, -0.25) is 14.4 Å². The Morgan fingerprint density at radius 2 is 1.68 bits per heavy atom. The van der Waals surface area contributed by atoms with Crippen molar-refractivity contribution in [1.82, 2.24) is 4.98 Å². The van der Waals surface area contributed by atoms with Crippen molar-refractivity contribution in [2.45, 2.75) is 47.6 Å². The van der Waals surface area contributed by atoms with Crippen molar-refractivity contribution in [2.24, 2.45) is 5.41 Å². The molecule has 38 heavy (non-hydrogen) atoms. The van der Waals surface area contributed by atoms with Crippen molar-refractivity contribution in [1.29, 1.82) is 5.26 Å². The molecule has 0 fully saturated rings. The number of aromatic nitrogens is 1. The fourth-order valence-corrected chi connectivity index (χ4v) is 5.45. The van der Waals surface area contributed by atoms with E-state index in [4.69, 9.17) is 10.00 Å². The molecule has 7 nitrogen and oxygen atoms in total. The summed E-state index contributed by atoms with van der Waals surface area (Å²) in [6, 6.07) is 15.1. The van der Waals surface area contributed by atoms with Crippen LogP contribution in [0.2, 0.25) is 0 Å². The molecule has 0 spiro atoms. The van der Waals surface area contributed by atoms with Crippen molar-refractivity contribution in [3.8, 4) is 11.8 Å². The molecule has 2 aromatic carbocycles. The van der Waals surface area contributed by atoms with Crippen LogP contribution >= 0.6 is 11.3 Å². The fourth-order valence-electron chi connectivity index (χ4n) is 4.66. The van der Waals surface area contributed by atoms with Crippen LogP contribution in [0.25, 0.3) is 10.2 Å². The summed E-state index contributed by atoms with van der Waals surface area (Å²) >= 11 is 1.32. The van der Waals surface area contributed by atoms with Crippen LogP contribution in [0.1, 0.15) is 51.6 Å². The number of rotatable bonds is 7. The lowest BCUT2D eigenvalue weighted by Crippen LogP contribution is -2.36. The number of anilines is 1. The van der Waals surface area contributed by atoms with Crippen molar-refractivity contribution in [2.75, 3.05) is 11.9 Å². The van der Waals surface area contributed by atoms with Gasteiger partial charge < -0.3 is 9.64 Å². The van der Waals surface area contributed by atoms with E-state index in [9.17, 15) is 14.4 Å². The van der Waals surface area contributed by atoms with Crippen molar-refractivity contribution in [3.05, 3.63) is 75.3 Å². The maximum atomic E-state index is 13.2. The Labute approximate surface area is 226 Å². The molecule has 1 aromatic heterocycles. The van der Waals surface area contributed by atoms with Crippen LogP contribution < -0.4 is 9.64 Å². The Balaban J connectivity index is 1.41. The van der Waals surface area contributed by atoms with E-state index in [2.05, 4.69) is 11.1 Å². The van der Waals surface area contributed by atoms with Gasteiger partial charge in [-0.2, -0.15) is 5.26 Å². The second kappa shape index (κ2) is 10.3. The minimum Gasteiger partial charge on any atom is -0.489 e. The molecule has 1 aliphatic carbocycles. The quantitative estimate of drug-likeness (QED) is 0.353. The van der Waals surface area contributed by atoms with E-state index in [1.165, 1.54) is 11.3 Å². The number of fused-ring (bicyclic) bond motifs is 1. The summed E-state index contributed by atoms with van der Waals surface area (Å²) in [4.78, 5) is 44.7. The van der Waals surface area contributed by atoms with Gasteiger partial charge in [0.1, 0.15) is 18.4 Å². The standard InChI is InChI=1S/C30H29N3O4S/c1-17-18(2)29(36)27(19(3)28(17)35)30(4,5)14-26(34)33(6)21-9-7-20(8-10-21)16-37-22-11-12-23-24(13-22)38-25(15-31)32-23/h7-13H,14,16H2,1-6H3. The number of Topliss-reactive ketones (excluding diaryl/α,β-unsaturated/α-hetero) is 2. The van der Waals surface area contributed by atoms with Crippen LogP contribution in [-0.4, -0.2) is 29.5 Å². The van der Waals surface area contributed by atoms with Gasteiger partial charge in [-0.25, -0.2) is 4.98 Å². The molecule has 194 valence electrons. The maximum Gasteiger partial charge on any atom is 0.227 e. The van der Waals surface area contributed by atoms with E-state index >= 15 is 0 Å². The van der Waals surface area contributed by atoms with E-state index in [0.29, 0.717) is 45.3 Å². The molecule has 1 heterocycles. The number of benzene rings is 2. The van der Waals surface area contributed by atoms with E-state index in [1.807, 2.05) is 56.3 Å². The molecule has 0 atom stereocenters. The van der Waals surface area contributed by atoms with E-state index in [0.717, 1.165) is 15.8 Å². The smallest absolute Gasteiger partial charge is 0.227 e. The van der Waals surface area contributed by atoms with Crippen molar-refractivity contribution in [3.63, 3.8) is 0 Å². The predicted octanol–water partition coefficient (Wildman–Crippen LogP) is 5.93. The number of ketones is 2. The average Bonchev–Trinajstić information content (AvgIpc) is 3.32. The number of nitrogens with zero attached hydrogens (tertiary/aromatic N) is 3. The van der Waals surface area contributed by atoms with E-state index in [1.54, 1.807) is 32.7 Å². The first kappa shape index (κ1) is 27.0. The largest absolute Gasteiger partial charge is 0.489 e. The van der Waals surface area contributed by atoms with Gasteiger partial charge in [0.05, 0.1) is 10.2 Å². The van der Waals surface area contributed by atoms with E-state index in [-0.39, 0.29) is 23.9 Å². The first-order valence-electron chi connectivity index (χ1n) is 12.2. The third-order valence-corrected chi connectivity index (χ3v) is 7.94. The summed E-state index contributed by atoms with van der Waals surface area (Å²) in [5, 5.41) is 9.45. The number of amides is 1. The van der Waals surface area contributed by atoms with Crippen LogP contribution in [0.15, 0.2) is 64.8 Å². The lowest BCUT2D eigenvalue weighted by Gasteiger charge is -2.32. The van der Waals surface area contributed by atoms with Gasteiger partial charge in [0.25, 0.3) is 0 Å². The minimum absolute atomic E-state index is 0.0833. The summed E-state index contributed by atoms with van der Waals surface area (Å²) in [6.07, 6.45) is 0.0833. The van der Waals surface area contributed by atoms with Crippen LogP contribution in [0, 0.1) is 16.7 Å². The first-order valence-corrected chi connectivity index (χ1v) is 13.0. The fraction of sp³-hybridized carbons (Fsp3) is 0.300. The molecular weight excluding hydrogens is 498 g/mol. The Hall–Kier alpha value is -4.09. The molecule has 0 bridgehead atoms. The van der Waals surface area contributed by atoms with Gasteiger partial charge in [0, 0.05) is 46.9 Å². The summed E-state index contributed by atoms with van der Waals surface area (Å²) in [5.41, 5.74) is 3.37. The van der Waals surface area contributed by atoms with Crippen LogP contribution in [0.4, 0.5) is 5.69 Å². The topological polar surface area (TPSA) is 100 Å². The van der Waals surface area contributed by atoms with Gasteiger partial charge in [-0.1, -0.05) is 26.0 Å². The Morgan fingerprint density at radius 1 is 1.03 bits per heavy atom. The molecule has 1 amide bonds. The lowest BCUT2D eigenvalue weighted by atomic mass is 9.71. The maximum absolute atomic E-state index is 13.2. The third-order valence-electron chi connectivity index (χ3n) is 7.02. The highest BCUT2D eigenvalue weighted by Crippen LogP contribution is 2.39. The first-order chi connectivity index (χ1) is 17.9. The Kier molecular flexibility index (Phi) is 7.34. The highest BCUT2D eigenvalue weighted by atomic mass is 32.1.